The van der Waals surface area contributed by atoms with E-state index < -0.39 is 0 Å². The van der Waals surface area contributed by atoms with E-state index in [1.165, 1.54) is 16.7 Å². The molecule has 3 nitrogen and oxygen atoms in total. The first-order valence-electron chi connectivity index (χ1n) is 7.97. The van der Waals surface area contributed by atoms with Crippen molar-refractivity contribution in [3.8, 4) is 0 Å². The molecule has 0 spiro atoms. The molecule has 122 valence electrons. The predicted octanol–water partition coefficient (Wildman–Crippen LogP) is 4.08. The topological polar surface area (TPSA) is 28.2 Å². The number of benzene rings is 1. The number of hydrogen-bond donors (Lipinski definition) is 1. The second-order valence-electron chi connectivity index (χ2n) is 5.95. The van der Waals surface area contributed by atoms with E-state index in [4.69, 9.17) is 23.2 Å². The van der Waals surface area contributed by atoms with Crippen molar-refractivity contribution in [3.05, 3.63) is 63.4 Å². The lowest BCUT2D eigenvalue weighted by Gasteiger charge is -2.32. The normalized spacial score (nSPS) is 17.7. The number of aromatic nitrogens is 1. The maximum atomic E-state index is 6.28. The zero-order valence-corrected chi connectivity index (χ0v) is 14.7. The largest absolute Gasteiger partial charge is 0.315 e. The molecule has 0 aliphatic carbocycles. The van der Waals surface area contributed by atoms with E-state index in [1.54, 1.807) is 0 Å². The van der Waals surface area contributed by atoms with E-state index in [0.29, 0.717) is 10.0 Å². The summed E-state index contributed by atoms with van der Waals surface area (Å²) in [4.78, 5) is 6.75. The Morgan fingerprint density at radius 2 is 2.00 bits per heavy atom. The van der Waals surface area contributed by atoms with E-state index in [9.17, 15) is 0 Å². The van der Waals surface area contributed by atoms with Gasteiger partial charge in [0.25, 0.3) is 0 Å². The molecule has 1 unspecified atom stereocenters. The Labute approximate surface area is 147 Å². The number of halogens is 2. The fraction of sp³-hybridized carbons (Fsp3) is 0.389. The summed E-state index contributed by atoms with van der Waals surface area (Å²) in [5.41, 5.74) is 3.65. The number of rotatable bonds is 3. The first-order chi connectivity index (χ1) is 11.2. The van der Waals surface area contributed by atoms with Crippen molar-refractivity contribution >= 4 is 23.2 Å². The van der Waals surface area contributed by atoms with Gasteiger partial charge in [-0.15, -0.1) is 0 Å². The Morgan fingerprint density at radius 3 is 2.78 bits per heavy atom. The molecular formula is C18H21Cl2N3. The van der Waals surface area contributed by atoms with Crippen molar-refractivity contribution in [2.45, 2.75) is 19.4 Å². The Balaban J connectivity index is 2.05. The van der Waals surface area contributed by atoms with Gasteiger partial charge in [-0.05, 0) is 54.8 Å². The minimum Gasteiger partial charge on any atom is -0.315 e. The second-order valence-corrected chi connectivity index (χ2v) is 6.76. The molecule has 0 amide bonds. The zero-order chi connectivity index (χ0) is 16.2. The maximum Gasteiger partial charge on any atom is 0.0606 e. The van der Waals surface area contributed by atoms with Crippen molar-refractivity contribution in [1.82, 2.24) is 15.2 Å². The second kappa shape index (κ2) is 7.63. The summed E-state index contributed by atoms with van der Waals surface area (Å²) >= 11 is 12.4. The van der Waals surface area contributed by atoms with Crippen LogP contribution in [0.15, 0.2) is 36.7 Å². The van der Waals surface area contributed by atoms with Crippen molar-refractivity contribution in [3.63, 3.8) is 0 Å². The molecule has 1 aromatic carbocycles. The van der Waals surface area contributed by atoms with Gasteiger partial charge >= 0.3 is 0 Å². The van der Waals surface area contributed by atoms with Crippen LogP contribution < -0.4 is 5.32 Å². The molecule has 1 aliphatic rings. The molecule has 2 heterocycles. The highest BCUT2D eigenvalue weighted by atomic mass is 35.5. The molecule has 1 aromatic heterocycles. The van der Waals surface area contributed by atoms with Gasteiger partial charge in [-0.3, -0.25) is 9.88 Å². The van der Waals surface area contributed by atoms with Crippen molar-refractivity contribution < 1.29 is 0 Å². The third-order valence-corrected chi connectivity index (χ3v) is 5.10. The van der Waals surface area contributed by atoms with Crippen molar-refractivity contribution in [2.75, 3.05) is 26.2 Å². The minimum atomic E-state index is 0.174. The quantitative estimate of drug-likeness (QED) is 0.904. The smallest absolute Gasteiger partial charge is 0.0606 e. The molecule has 2 aromatic rings. The van der Waals surface area contributed by atoms with Gasteiger partial charge in [-0.25, -0.2) is 0 Å². The van der Waals surface area contributed by atoms with E-state index >= 15 is 0 Å². The van der Waals surface area contributed by atoms with Gasteiger partial charge in [0.15, 0.2) is 0 Å². The summed E-state index contributed by atoms with van der Waals surface area (Å²) in [6, 6.07) is 8.25. The zero-order valence-electron chi connectivity index (χ0n) is 13.2. The summed E-state index contributed by atoms with van der Waals surface area (Å²) < 4.78 is 0. The number of nitrogens with one attached hydrogen (secondary N) is 1. The van der Waals surface area contributed by atoms with Crippen LogP contribution in [0, 0.1) is 6.92 Å². The molecule has 1 fully saturated rings. The van der Waals surface area contributed by atoms with Gasteiger partial charge in [0.05, 0.1) is 16.1 Å². The van der Waals surface area contributed by atoms with Crippen LogP contribution in [0.3, 0.4) is 0 Å². The first-order valence-corrected chi connectivity index (χ1v) is 8.72. The summed E-state index contributed by atoms with van der Waals surface area (Å²) in [5, 5.41) is 4.67. The number of hydrogen-bond acceptors (Lipinski definition) is 3. The van der Waals surface area contributed by atoms with Gasteiger partial charge in [-0.2, -0.15) is 0 Å². The van der Waals surface area contributed by atoms with Crippen LogP contribution >= 0.6 is 23.2 Å². The Hall–Kier alpha value is -1.13. The van der Waals surface area contributed by atoms with Crippen molar-refractivity contribution in [2.24, 2.45) is 0 Å². The van der Waals surface area contributed by atoms with Crippen LogP contribution in [0.5, 0.6) is 0 Å². The van der Waals surface area contributed by atoms with Crippen LogP contribution in [-0.4, -0.2) is 36.1 Å². The van der Waals surface area contributed by atoms with Crippen LogP contribution in [0.4, 0.5) is 0 Å². The van der Waals surface area contributed by atoms with E-state index in [-0.39, 0.29) is 6.04 Å². The molecule has 3 rings (SSSR count). The first kappa shape index (κ1) is 16.7. The van der Waals surface area contributed by atoms with Crippen LogP contribution in [0.2, 0.25) is 10.0 Å². The number of aryl methyl sites for hydroxylation is 1. The summed E-state index contributed by atoms with van der Waals surface area (Å²) in [6.07, 6.45) is 4.93. The van der Waals surface area contributed by atoms with E-state index in [1.807, 2.05) is 24.5 Å². The molecular weight excluding hydrogens is 329 g/mol. The number of nitrogens with zero attached hydrogens (tertiary/aromatic N) is 2. The SMILES string of the molecule is Cc1cnccc1C(c1ccc(Cl)c(Cl)c1)N1CCCNCC1. The van der Waals surface area contributed by atoms with E-state index in [2.05, 4.69) is 34.3 Å². The Bertz CT molecular complexity index is 667. The summed E-state index contributed by atoms with van der Waals surface area (Å²) in [7, 11) is 0. The standard InChI is InChI=1S/C18H21Cl2N3/c1-13-12-22-7-5-15(13)18(23-9-2-6-21-8-10-23)14-3-4-16(19)17(20)11-14/h3-5,7,11-12,18,21H,2,6,8-10H2,1H3. The lowest BCUT2D eigenvalue weighted by molar-refractivity contribution is 0.240. The molecule has 1 saturated heterocycles. The highest BCUT2D eigenvalue weighted by molar-refractivity contribution is 6.42. The predicted molar refractivity (Wildman–Crippen MR) is 96.3 cm³/mol. The lowest BCUT2D eigenvalue weighted by Crippen LogP contribution is -2.33. The molecule has 1 atom stereocenters. The van der Waals surface area contributed by atoms with Crippen LogP contribution in [0.1, 0.15) is 29.2 Å². The Morgan fingerprint density at radius 1 is 1.13 bits per heavy atom. The number of pyridine rings is 1. The van der Waals surface area contributed by atoms with Crippen LogP contribution in [0.25, 0.3) is 0 Å². The maximum absolute atomic E-state index is 6.28. The van der Waals surface area contributed by atoms with Gasteiger partial charge < -0.3 is 5.32 Å². The van der Waals surface area contributed by atoms with Gasteiger partial charge in [0.2, 0.25) is 0 Å². The molecule has 1 aliphatic heterocycles. The molecule has 0 saturated carbocycles. The third-order valence-electron chi connectivity index (χ3n) is 4.36. The molecule has 23 heavy (non-hydrogen) atoms. The summed E-state index contributed by atoms with van der Waals surface area (Å²) in [5.74, 6) is 0. The molecule has 1 N–H and O–H groups in total. The highest BCUT2D eigenvalue weighted by Gasteiger charge is 2.25. The average Bonchev–Trinajstić information content (AvgIpc) is 2.82. The molecule has 0 radical (unpaired) electrons. The van der Waals surface area contributed by atoms with E-state index in [0.717, 1.165) is 32.6 Å². The molecule has 5 heteroatoms. The van der Waals surface area contributed by atoms with Crippen LogP contribution in [-0.2, 0) is 0 Å². The monoisotopic (exact) mass is 349 g/mol. The fourth-order valence-corrected chi connectivity index (χ4v) is 3.49. The third kappa shape index (κ3) is 3.86. The lowest BCUT2D eigenvalue weighted by atomic mass is 9.94. The van der Waals surface area contributed by atoms with Gasteiger partial charge in [0.1, 0.15) is 0 Å². The van der Waals surface area contributed by atoms with Crippen molar-refractivity contribution in [1.29, 1.82) is 0 Å². The Kier molecular flexibility index (Phi) is 5.54. The molecule has 0 bridgehead atoms. The summed E-state index contributed by atoms with van der Waals surface area (Å²) in [6.45, 7) is 6.25. The fourth-order valence-electron chi connectivity index (χ4n) is 3.19. The van der Waals surface area contributed by atoms with Gasteiger partial charge in [0, 0.05) is 32.0 Å². The minimum absolute atomic E-state index is 0.174. The average molecular weight is 350 g/mol. The van der Waals surface area contributed by atoms with Gasteiger partial charge in [-0.1, -0.05) is 29.3 Å². The highest BCUT2D eigenvalue weighted by Crippen LogP contribution is 2.34.